The highest BCUT2D eigenvalue weighted by molar-refractivity contribution is 6.36. The van der Waals surface area contributed by atoms with Gasteiger partial charge in [0.1, 0.15) is 12.4 Å². The van der Waals surface area contributed by atoms with Gasteiger partial charge in [-0.15, -0.1) is 0 Å². The quantitative estimate of drug-likeness (QED) is 0.368. The van der Waals surface area contributed by atoms with E-state index in [0.29, 0.717) is 56.3 Å². The van der Waals surface area contributed by atoms with Crippen molar-refractivity contribution in [1.82, 2.24) is 24.8 Å². The fraction of sp³-hybridized carbons (Fsp3) is 0.452. The summed E-state index contributed by atoms with van der Waals surface area (Å²) >= 11 is 6.65. The minimum Gasteiger partial charge on any atom is -0.462 e. The molecule has 1 aromatic carbocycles. The number of benzene rings is 1. The van der Waals surface area contributed by atoms with E-state index in [2.05, 4.69) is 39.4 Å². The van der Waals surface area contributed by atoms with E-state index >= 15 is 0 Å². The third-order valence-corrected chi connectivity index (χ3v) is 9.07. The summed E-state index contributed by atoms with van der Waals surface area (Å²) in [4.78, 5) is 34.8. The predicted molar refractivity (Wildman–Crippen MR) is 163 cm³/mol. The van der Waals surface area contributed by atoms with Crippen molar-refractivity contribution >= 4 is 39.8 Å². The molecule has 43 heavy (non-hydrogen) atoms. The molecule has 0 bridgehead atoms. The largest absolute Gasteiger partial charge is 0.462 e. The second-order valence-corrected chi connectivity index (χ2v) is 11.8. The number of amides is 1. The number of aromatic nitrogens is 3. The number of nitrogens with zero attached hydrogens (tertiary/aromatic N) is 8. The molecule has 5 heterocycles. The van der Waals surface area contributed by atoms with Crippen LogP contribution in [-0.2, 0) is 17.8 Å². The van der Waals surface area contributed by atoms with E-state index in [9.17, 15) is 14.4 Å². The van der Waals surface area contributed by atoms with Crippen LogP contribution in [-0.4, -0.2) is 89.1 Å². The Bertz CT molecular complexity index is 1590. The van der Waals surface area contributed by atoms with Gasteiger partial charge in [-0.05, 0) is 38.9 Å². The highest BCUT2D eigenvalue weighted by Crippen LogP contribution is 2.37. The molecule has 3 aliphatic heterocycles. The highest BCUT2D eigenvalue weighted by Gasteiger charge is 2.35. The molecule has 10 nitrogen and oxygen atoms in total. The lowest BCUT2D eigenvalue weighted by atomic mass is 10.0. The summed E-state index contributed by atoms with van der Waals surface area (Å²) in [5, 5.41) is 12.1. The van der Waals surface area contributed by atoms with Gasteiger partial charge in [-0.3, -0.25) is 9.78 Å². The van der Waals surface area contributed by atoms with Crippen LogP contribution in [0.3, 0.4) is 0 Å². The molecule has 2 atom stereocenters. The summed E-state index contributed by atoms with van der Waals surface area (Å²) in [5.41, 5.74) is 2.80. The number of likely N-dealkylation sites (N-methyl/N-ethyl adjacent to an activating group) is 1. The fourth-order valence-electron chi connectivity index (χ4n) is 6.44. The average Bonchev–Trinajstić information content (AvgIpc) is 3.43. The topological polar surface area (TPSA) is 102 Å². The zero-order valence-corrected chi connectivity index (χ0v) is 24.9. The first-order valence-electron chi connectivity index (χ1n) is 14.6. The summed E-state index contributed by atoms with van der Waals surface area (Å²) in [6.07, 6.45) is 6.59. The van der Waals surface area contributed by atoms with Crippen molar-refractivity contribution in [3.8, 4) is 12.1 Å². The van der Waals surface area contributed by atoms with Crippen LogP contribution in [0.5, 0.6) is 6.01 Å². The van der Waals surface area contributed by atoms with E-state index in [-0.39, 0.29) is 13.0 Å². The van der Waals surface area contributed by atoms with Gasteiger partial charge in [-0.25, -0.2) is 4.39 Å². The molecule has 3 aliphatic rings. The van der Waals surface area contributed by atoms with Crippen LogP contribution in [0.2, 0.25) is 5.02 Å². The molecular weight excluding hydrogens is 571 g/mol. The number of hydrogen-bond donors (Lipinski definition) is 0. The van der Waals surface area contributed by atoms with Crippen molar-refractivity contribution in [1.29, 1.82) is 5.26 Å². The number of ether oxygens (including phenoxy) is 1. The molecular formula is C31H34ClFN8O2. The van der Waals surface area contributed by atoms with Gasteiger partial charge in [0.15, 0.2) is 5.83 Å². The molecule has 0 radical (unpaired) electrons. The molecule has 6 rings (SSSR count). The lowest BCUT2D eigenvalue weighted by Gasteiger charge is -2.42. The second-order valence-electron chi connectivity index (χ2n) is 11.4. The zero-order chi connectivity index (χ0) is 30.1. The van der Waals surface area contributed by atoms with Crippen LogP contribution in [0.25, 0.3) is 10.8 Å². The number of halogens is 2. The van der Waals surface area contributed by atoms with Crippen molar-refractivity contribution in [2.75, 3.05) is 56.2 Å². The summed E-state index contributed by atoms with van der Waals surface area (Å²) in [7, 11) is 2.10. The molecule has 1 amide bonds. The van der Waals surface area contributed by atoms with E-state index in [1.807, 2.05) is 30.6 Å². The first-order valence-corrected chi connectivity index (χ1v) is 15.0. The van der Waals surface area contributed by atoms with Crippen molar-refractivity contribution in [2.45, 2.75) is 44.3 Å². The first kappa shape index (κ1) is 29.1. The third-order valence-electron chi connectivity index (χ3n) is 8.75. The Morgan fingerprint density at radius 2 is 2.05 bits per heavy atom. The second kappa shape index (κ2) is 12.3. The zero-order valence-electron chi connectivity index (χ0n) is 24.2. The molecule has 3 aromatic rings. The minimum absolute atomic E-state index is 0.0722. The third kappa shape index (κ3) is 5.82. The van der Waals surface area contributed by atoms with Gasteiger partial charge in [0.25, 0.3) is 5.91 Å². The van der Waals surface area contributed by atoms with Crippen molar-refractivity contribution < 1.29 is 13.9 Å². The van der Waals surface area contributed by atoms with Gasteiger partial charge in [0.2, 0.25) is 0 Å². The molecule has 0 N–H and O–H groups in total. The molecule has 2 fully saturated rings. The minimum atomic E-state index is -1.02. The number of piperazine rings is 1. The van der Waals surface area contributed by atoms with Crippen molar-refractivity contribution in [2.24, 2.45) is 0 Å². The lowest BCUT2D eigenvalue weighted by Crippen LogP contribution is -2.55. The van der Waals surface area contributed by atoms with E-state index in [1.54, 1.807) is 0 Å². The maximum Gasteiger partial charge on any atom is 0.318 e. The van der Waals surface area contributed by atoms with Gasteiger partial charge in [0.05, 0.1) is 47.7 Å². The Morgan fingerprint density at radius 1 is 1.19 bits per heavy atom. The summed E-state index contributed by atoms with van der Waals surface area (Å²) in [6, 6.07) is 8.06. The molecule has 12 heteroatoms. The number of anilines is 2. The lowest BCUT2D eigenvalue weighted by molar-refractivity contribution is -0.131. The highest BCUT2D eigenvalue weighted by atomic mass is 35.5. The smallest absolute Gasteiger partial charge is 0.318 e. The van der Waals surface area contributed by atoms with E-state index in [1.165, 1.54) is 4.90 Å². The van der Waals surface area contributed by atoms with Crippen molar-refractivity contribution in [3.05, 3.63) is 59.3 Å². The number of hydrogen-bond acceptors (Lipinski definition) is 9. The van der Waals surface area contributed by atoms with E-state index < -0.39 is 17.8 Å². The van der Waals surface area contributed by atoms with Crippen molar-refractivity contribution in [3.63, 3.8) is 0 Å². The van der Waals surface area contributed by atoms with Crippen LogP contribution >= 0.6 is 11.6 Å². The Kier molecular flexibility index (Phi) is 8.32. The summed E-state index contributed by atoms with van der Waals surface area (Å²) < 4.78 is 20.0. The normalized spacial score (nSPS) is 20.7. The van der Waals surface area contributed by atoms with Crippen LogP contribution in [0.15, 0.2) is 43.0 Å². The SMILES string of the molecule is C=C(F)C(=O)N1CCN(c2nc(OCC3CCCN3C)nc3c2CCN(c2cncc4cccc(Cl)c24)C3)CC1CC#N. The number of fused-ring (bicyclic) bond motifs is 2. The fourth-order valence-corrected chi connectivity index (χ4v) is 6.72. The van der Waals surface area contributed by atoms with Gasteiger partial charge in [-0.2, -0.15) is 15.2 Å². The number of pyridine rings is 1. The van der Waals surface area contributed by atoms with Gasteiger partial charge < -0.3 is 24.3 Å². The van der Waals surface area contributed by atoms with Gasteiger partial charge >= 0.3 is 6.01 Å². The number of carbonyl (C=O) groups excluding carboxylic acids is 1. The summed E-state index contributed by atoms with van der Waals surface area (Å²) in [6.45, 7) is 6.93. The molecule has 2 aromatic heterocycles. The molecule has 2 unspecified atom stereocenters. The molecule has 0 spiro atoms. The number of rotatable bonds is 7. The Balaban J connectivity index is 1.34. The predicted octanol–water partition coefficient (Wildman–Crippen LogP) is 4.13. The standard InChI is InChI=1S/C31H34ClFN8O2/c1-20(33)30(42)41-14-13-40(17-22(41)8-10-34)29-24-9-12-39(27-16-35-15-21-5-3-7-25(32)28(21)27)18-26(24)36-31(37-29)43-19-23-6-4-11-38(23)2/h3,5,7,15-16,22-23H,1,4,6,8-9,11-14,17-19H2,2H3. The monoisotopic (exact) mass is 604 g/mol. The molecule has 224 valence electrons. The molecule has 0 aliphatic carbocycles. The summed E-state index contributed by atoms with van der Waals surface area (Å²) in [5.74, 6) is -1.05. The van der Waals surface area contributed by atoms with E-state index in [4.69, 9.17) is 26.3 Å². The Hall–Kier alpha value is -4.01. The number of likely N-dealkylation sites (tertiary alicyclic amines) is 1. The maximum atomic E-state index is 13.8. The van der Waals surface area contributed by atoms with Crippen LogP contribution in [0.1, 0.15) is 30.5 Å². The van der Waals surface area contributed by atoms with Crippen LogP contribution in [0, 0.1) is 11.3 Å². The van der Waals surface area contributed by atoms with Crippen LogP contribution < -0.4 is 14.5 Å². The Labute approximate surface area is 255 Å². The van der Waals surface area contributed by atoms with Gasteiger partial charge in [-0.1, -0.05) is 30.3 Å². The van der Waals surface area contributed by atoms with Crippen LogP contribution in [0.4, 0.5) is 15.9 Å². The Morgan fingerprint density at radius 3 is 2.81 bits per heavy atom. The molecule has 2 saturated heterocycles. The average molecular weight is 605 g/mol. The van der Waals surface area contributed by atoms with E-state index in [0.717, 1.165) is 52.9 Å². The first-order chi connectivity index (χ1) is 20.8. The molecule has 0 saturated carbocycles. The van der Waals surface area contributed by atoms with Gasteiger partial charge in [0, 0.05) is 54.8 Å². The number of nitriles is 1. The number of carbonyl (C=O) groups is 1. The maximum absolute atomic E-state index is 13.8.